The third-order valence-electron chi connectivity index (χ3n) is 4.27. The second-order valence-corrected chi connectivity index (χ2v) is 5.85. The summed E-state index contributed by atoms with van der Waals surface area (Å²) in [6.07, 6.45) is 0. The van der Waals surface area contributed by atoms with E-state index < -0.39 is 0 Å². The van der Waals surface area contributed by atoms with E-state index >= 15 is 0 Å². The molecule has 0 bridgehead atoms. The summed E-state index contributed by atoms with van der Waals surface area (Å²) >= 11 is 0. The van der Waals surface area contributed by atoms with Crippen molar-refractivity contribution in [3.05, 3.63) is 71.3 Å². The van der Waals surface area contributed by atoms with Crippen LogP contribution in [-0.4, -0.2) is 6.61 Å². The Hall–Kier alpha value is -2.48. The number of hydrogen-bond acceptors (Lipinski definition) is 2. The zero-order chi connectivity index (χ0) is 16.2. The van der Waals surface area contributed by atoms with Crippen LogP contribution in [0.15, 0.2) is 54.6 Å². The highest BCUT2D eigenvalue weighted by Crippen LogP contribution is 2.29. The summed E-state index contributed by atoms with van der Waals surface area (Å²) in [4.78, 5) is 0. The largest absolute Gasteiger partial charge is 0.494 e. The molecule has 0 saturated carbocycles. The molecule has 0 spiro atoms. The van der Waals surface area contributed by atoms with Gasteiger partial charge in [0.2, 0.25) is 0 Å². The standard InChI is InChI=1S/C21H23NO/c1-4-23-21-12-10-17-7-5-6-8-19(17)20(21)14-22-18-11-9-15(2)16(3)13-18/h5-13,22H,4,14H2,1-3H3. The van der Waals surface area contributed by atoms with Gasteiger partial charge in [-0.1, -0.05) is 36.4 Å². The van der Waals surface area contributed by atoms with E-state index in [2.05, 4.69) is 73.8 Å². The Balaban J connectivity index is 1.93. The van der Waals surface area contributed by atoms with E-state index in [1.54, 1.807) is 0 Å². The monoisotopic (exact) mass is 305 g/mol. The molecule has 3 rings (SSSR count). The molecule has 2 heteroatoms. The Morgan fingerprint density at radius 2 is 1.74 bits per heavy atom. The number of benzene rings is 3. The van der Waals surface area contributed by atoms with Gasteiger partial charge < -0.3 is 10.1 Å². The fraction of sp³-hybridized carbons (Fsp3) is 0.238. The maximum absolute atomic E-state index is 5.84. The second-order valence-electron chi connectivity index (χ2n) is 5.85. The van der Waals surface area contributed by atoms with Crippen molar-refractivity contribution in [3.63, 3.8) is 0 Å². The lowest BCUT2D eigenvalue weighted by molar-refractivity contribution is 0.337. The zero-order valence-corrected chi connectivity index (χ0v) is 14.0. The Morgan fingerprint density at radius 1 is 0.913 bits per heavy atom. The number of nitrogens with one attached hydrogen (secondary N) is 1. The normalized spacial score (nSPS) is 10.7. The predicted molar refractivity (Wildman–Crippen MR) is 98.4 cm³/mol. The van der Waals surface area contributed by atoms with Crippen LogP contribution < -0.4 is 10.1 Å². The highest BCUT2D eigenvalue weighted by Gasteiger charge is 2.08. The lowest BCUT2D eigenvalue weighted by Crippen LogP contribution is -2.04. The van der Waals surface area contributed by atoms with E-state index in [0.717, 1.165) is 18.0 Å². The minimum atomic E-state index is 0.676. The number of anilines is 1. The lowest BCUT2D eigenvalue weighted by Gasteiger charge is -2.15. The molecule has 1 N–H and O–H groups in total. The first-order valence-corrected chi connectivity index (χ1v) is 8.13. The van der Waals surface area contributed by atoms with Crippen molar-refractivity contribution in [2.24, 2.45) is 0 Å². The Kier molecular flexibility index (Phi) is 4.52. The summed E-state index contributed by atoms with van der Waals surface area (Å²) in [5.41, 5.74) is 4.97. The van der Waals surface area contributed by atoms with Gasteiger partial charge in [-0.05, 0) is 60.9 Å². The Morgan fingerprint density at radius 3 is 2.52 bits per heavy atom. The number of ether oxygens (including phenoxy) is 1. The fourth-order valence-electron chi connectivity index (χ4n) is 2.83. The third-order valence-corrected chi connectivity index (χ3v) is 4.27. The summed E-state index contributed by atoms with van der Waals surface area (Å²) in [5.74, 6) is 0.961. The number of fused-ring (bicyclic) bond motifs is 1. The molecule has 0 radical (unpaired) electrons. The molecule has 3 aromatic carbocycles. The van der Waals surface area contributed by atoms with Gasteiger partial charge in [-0.15, -0.1) is 0 Å². The number of rotatable bonds is 5. The van der Waals surface area contributed by atoms with Gasteiger partial charge in [0.15, 0.2) is 0 Å². The summed E-state index contributed by atoms with van der Waals surface area (Å²) in [6, 6.07) is 19.1. The molecule has 0 atom stereocenters. The highest BCUT2D eigenvalue weighted by molar-refractivity contribution is 5.88. The molecule has 0 aliphatic heterocycles. The molecular weight excluding hydrogens is 282 g/mol. The van der Waals surface area contributed by atoms with Crippen molar-refractivity contribution < 1.29 is 4.74 Å². The average molecular weight is 305 g/mol. The van der Waals surface area contributed by atoms with Crippen LogP contribution in [0.5, 0.6) is 5.75 Å². The van der Waals surface area contributed by atoms with Gasteiger partial charge in [0.1, 0.15) is 5.75 Å². The quantitative estimate of drug-likeness (QED) is 0.675. The van der Waals surface area contributed by atoms with Crippen molar-refractivity contribution in [1.29, 1.82) is 0 Å². The van der Waals surface area contributed by atoms with E-state index in [9.17, 15) is 0 Å². The maximum Gasteiger partial charge on any atom is 0.124 e. The highest BCUT2D eigenvalue weighted by atomic mass is 16.5. The topological polar surface area (TPSA) is 21.3 Å². The smallest absolute Gasteiger partial charge is 0.124 e. The first-order valence-electron chi connectivity index (χ1n) is 8.13. The fourth-order valence-corrected chi connectivity index (χ4v) is 2.83. The molecule has 3 aromatic rings. The zero-order valence-electron chi connectivity index (χ0n) is 14.0. The van der Waals surface area contributed by atoms with Gasteiger partial charge in [-0.25, -0.2) is 0 Å². The molecule has 0 amide bonds. The van der Waals surface area contributed by atoms with Crippen molar-refractivity contribution in [2.75, 3.05) is 11.9 Å². The summed E-state index contributed by atoms with van der Waals surface area (Å²) in [7, 11) is 0. The molecule has 0 fully saturated rings. The van der Waals surface area contributed by atoms with Crippen LogP contribution in [0.25, 0.3) is 10.8 Å². The first-order chi connectivity index (χ1) is 11.2. The van der Waals surface area contributed by atoms with Crippen molar-refractivity contribution in [3.8, 4) is 5.75 Å². The molecule has 0 aromatic heterocycles. The van der Waals surface area contributed by atoms with E-state index in [1.165, 1.54) is 27.5 Å². The van der Waals surface area contributed by atoms with Crippen LogP contribution in [0.4, 0.5) is 5.69 Å². The van der Waals surface area contributed by atoms with Gasteiger partial charge in [0, 0.05) is 17.8 Å². The Labute approximate surface area is 138 Å². The lowest BCUT2D eigenvalue weighted by atomic mass is 10.0. The predicted octanol–water partition coefficient (Wildman–Crippen LogP) is 5.47. The molecule has 0 aliphatic carbocycles. The van der Waals surface area contributed by atoms with Gasteiger partial charge in [0.25, 0.3) is 0 Å². The summed E-state index contributed by atoms with van der Waals surface area (Å²) in [5, 5.41) is 6.03. The number of aryl methyl sites for hydroxylation is 2. The van der Waals surface area contributed by atoms with Gasteiger partial charge in [-0.3, -0.25) is 0 Å². The van der Waals surface area contributed by atoms with Crippen LogP contribution in [0, 0.1) is 13.8 Å². The molecule has 2 nitrogen and oxygen atoms in total. The minimum Gasteiger partial charge on any atom is -0.494 e. The van der Waals surface area contributed by atoms with Crippen LogP contribution in [0.1, 0.15) is 23.6 Å². The molecule has 118 valence electrons. The molecule has 23 heavy (non-hydrogen) atoms. The van der Waals surface area contributed by atoms with Gasteiger partial charge >= 0.3 is 0 Å². The van der Waals surface area contributed by atoms with E-state index in [4.69, 9.17) is 4.74 Å². The van der Waals surface area contributed by atoms with Crippen molar-refractivity contribution in [2.45, 2.75) is 27.3 Å². The third kappa shape index (κ3) is 3.31. The maximum atomic E-state index is 5.84. The van der Waals surface area contributed by atoms with Crippen LogP contribution >= 0.6 is 0 Å². The first kappa shape index (κ1) is 15.4. The van der Waals surface area contributed by atoms with Crippen molar-refractivity contribution in [1.82, 2.24) is 0 Å². The van der Waals surface area contributed by atoms with Gasteiger partial charge in [0.05, 0.1) is 6.61 Å². The SMILES string of the molecule is CCOc1ccc2ccccc2c1CNc1ccc(C)c(C)c1. The van der Waals surface area contributed by atoms with Crippen molar-refractivity contribution >= 4 is 16.5 Å². The van der Waals surface area contributed by atoms with E-state index in [0.29, 0.717) is 6.61 Å². The second kappa shape index (κ2) is 6.74. The molecular formula is C21H23NO. The minimum absolute atomic E-state index is 0.676. The van der Waals surface area contributed by atoms with Crippen LogP contribution in [0.2, 0.25) is 0 Å². The number of hydrogen-bond donors (Lipinski definition) is 1. The van der Waals surface area contributed by atoms with Crippen LogP contribution in [0.3, 0.4) is 0 Å². The van der Waals surface area contributed by atoms with E-state index in [-0.39, 0.29) is 0 Å². The molecule has 0 aliphatic rings. The average Bonchev–Trinajstić information content (AvgIpc) is 2.57. The summed E-state index contributed by atoms with van der Waals surface area (Å²) in [6.45, 7) is 7.73. The molecule has 0 heterocycles. The molecule has 0 saturated heterocycles. The summed E-state index contributed by atoms with van der Waals surface area (Å²) < 4.78 is 5.84. The molecule has 0 unspecified atom stereocenters. The Bertz CT molecular complexity index is 823. The van der Waals surface area contributed by atoms with E-state index in [1.807, 2.05) is 6.92 Å². The van der Waals surface area contributed by atoms with Gasteiger partial charge in [-0.2, -0.15) is 0 Å². The van der Waals surface area contributed by atoms with Crippen LogP contribution in [-0.2, 0) is 6.54 Å².